The van der Waals surface area contributed by atoms with Gasteiger partial charge in [0.15, 0.2) is 5.60 Å². The summed E-state index contributed by atoms with van der Waals surface area (Å²) >= 11 is -0.783. The van der Waals surface area contributed by atoms with E-state index in [1.807, 2.05) is 0 Å². The number of hydrogen-bond acceptors (Lipinski definition) is 8. The molecule has 1 rings (SSSR count). The third-order valence-corrected chi connectivity index (χ3v) is 8.82. The number of phenols is 1. The number of methoxy groups -OCH3 is 2. The predicted molar refractivity (Wildman–Crippen MR) is 167 cm³/mol. The number of carbonyl (C=O) groups is 3. The number of phenolic OH excluding ortho intramolecular Hbond substituents is 1. The molecule has 0 fully saturated rings. The highest BCUT2D eigenvalue weighted by Gasteiger charge is 2.47. The minimum atomic E-state index is -2.48. The van der Waals surface area contributed by atoms with Gasteiger partial charge in [0.05, 0.1) is 13.0 Å². The Hall–Kier alpha value is -2.60. The number of aliphatic hydroxyl groups is 1. The average Bonchev–Trinajstić information content (AvgIpc) is 2.99. The van der Waals surface area contributed by atoms with E-state index in [2.05, 4.69) is 12.2 Å². The highest BCUT2D eigenvalue weighted by molar-refractivity contribution is 7.91. The van der Waals surface area contributed by atoms with Gasteiger partial charge in [0.1, 0.15) is 23.3 Å². The highest BCUT2D eigenvalue weighted by Crippen LogP contribution is 2.26. The summed E-state index contributed by atoms with van der Waals surface area (Å²) in [6.07, 6.45) is 12.5. The number of rotatable bonds is 24. The first-order chi connectivity index (χ1) is 20.6. The second-order valence-corrected chi connectivity index (χ2v) is 12.5. The Labute approximate surface area is 259 Å². The Kier molecular flexibility index (Phi) is 19.7. The number of hydrogen-bond donors (Lipinski definition) is 4. The predicted octanol–water partition coefficient (Wildman–Crippen LogP) is 4.29. The maximum atomic E-state index is 13.4. The van der Waals surface area contributed by atoms with Crippen LogP contribution in [-0.4, -0.2) is 81.7 Å². The average molecular weight is 626 g/mol. The van der Waals surface area contributed by atoms with Crippen molar-refractivity contribution in [3.63, 3.8) is 0 Å². The molecule has 1 amide bonds. The lowest BCUT2D eigenvalue weighted by Crippen LogP contribution is -2.55. The zero-order chi connectivity index (χ0) is 32.1. The molecule has 244 valence electrons. The number of allylic oxidation sites excluding steroid dienone is 1. The summed E-state index contributed by atoms with van der Waals surface area (Å²) in [5, 5.41) is 33.1. The maximum absolute atomic E-state index is 13.4. The van der Waals surface area contributed by atoms with Crippen LogP contribution in [0.15, 0.2) is 36.4 Å². The van der Waals surface area contributed by atoms with Gasteiger partial charge < -0.3 is 34.7 Å². The van der Waals surface area contributed by atoms with Crippen LogP contribution in [0.3, 0.4) is 0 Å². The van der Waals surface area contributed by atoms with E-state index in [0.29, 0.717) is 17.7 Å². The largest absolute Gasteiger partial charge is 0.616 e. The molecule has 0 saturated heterocycles. The van der Waals surface area contributed by atoms with Gasteiger partial charge in [0.25, 0.3) is 0 Å². The molecule has 1 unspecified atom stereocenters. The number of nitrogens with one attached hydrogen (secondary N) is 1. The number of unbranched alkanes of at least 4 members (excludes halogenated alkanes) is 8. The van der Waals surface area contributed by atoms with Crippen molar-refractivity contribution >= 4 is 29.0 Å². The lowest BCUT2D eigenvalue weighted by atomic mass is 9.83. The zero-order valence-electron chi connectivity index (χ0n) is 25.9. The monoisotopic (exact) mass is 625 g/mol. The quantitative estimate of drug-likeness (QED) is 0.0568. The smallest absolute Gasteiger partial charge is 0.336 e. The van der Waals surface area contributed by atoms with Crippen molar-refractivity contribution in [1.29, 1.82) is 0 Å². The Morgan fingerprint density at radius 3 is 2.16 bits per heavy atom. The van der Waals surface area contributed by atoms with Gasteiger partial charge in [-0.2, -0.15) is 0 Å². The van der Waals surface area contributed by atoms with Crippen molar-refractivity contribution in [3.05, 3.63) is 42.0 Å². The number of amides is 1. The molecular weight excluding hydrogens is 574 g/mol. The molecule has 0 aromatic heterocycles. The number of ether oxygens (including phenoxy) is 2. The Bertz CT molecular complexity index is 972. The second-order valence-electron chi connectivity index (χ2n) is 10.8. The van der Waals surface area contributed by atoms with E-state index in [-0.39, 0.29) is 25.2 Å². The van der Waals surface area contributed by atoms with Gasteiger partial charge in [-0.15, -0.1) is 0 Å². The van der Waals surface area contributed by atoms with Crippen LogP contribution in [0.1, 0.15) is 83.1 Å². The number of aromatic hydroxyl groups is 1. The fourth-order valence-corrected chi connectivity index (χ4v) is 5.92. The number of carbonyl (C=O) groups excluding carboxylic acids is 2. The normalized spacial score (nSPS) is 15.0. The van der Waals surface area contributed by atoms with E-state index in [1.54, 1.807) is 18.2 Å². The highest BCUT2D eigenvalue weighted by atomic mass is 32.2. The van der Waals surface area contributed by atoms with Crippen molar-refractivity contribution in [1.82, 2.24) is 5.32 Å². The van der Waals surface area contributed by atoms with Crippen LogP contribution in [0.2, 0.25) is 0 Å². The molecule has 0 saturated carbocycles. The third kappa shape index (κ3) is 15.1. The standard InChI is InChI=1S/C32H51NO9S/c1-4-5-6-10-13-22-43(40)23-14-11-8-7-9-12-15-27(32(39,31(37)38)20-21-41-2)29(35)33-28(30(36)42-3)24-25-16-18-26(34)19-17-25/h12,15-19,27-28,34,39H,4-11,13-14,20-24H2,1-3H3,(H,33,35)(H,37,38)/b15-12+/t27-,28+,32+,43?/m1/s1. The van der Waals surface area contributed by atoms with Gasteiger partial charge in [-0.1, -0.05) is 68.1 Å². The summed E-state index contributed by atoms with van der Waals surface area (Å²) in [5.41, 5.74) is -1.85. The molecule has 1 aromatic rings. The number of carboxylic acid groups (broad SMARTS) is 1. The minimum absolute atomic E-state index is 0.0301. The number of carboxylic acids is 1. The molecule has 0 radical (unpaired) electrons. The lowest BCUT2D eigenvalue weighted by Gasteiger charge is -2.30. The van der Waals surface area contributed by atoms with E-state index >= 15 is 0 Å². The minimum Gasteiger partial charge on any atom is -0.616 e. The topological polar surface area (TPSA) is 165 Å². The Balaban J connectivity index is 2.80. The molecule has 0 aliphatic heterocycles. The van der Waals surface area contributed by atoms with Gasteiger partial charge >= 0.3 is 11.9 Å². The van der Waals surface area contributed by atoms with Gasteiger partial charge in [-0.3, -0.25) is 4.79 Å². The van der Waals surface area contributed by atoms with Gasteiger partial charge in [-0.05, 0) is 56.2 Å². The molecule has 0 aliphatic rings. The summed E-state index contributed by atoms with van der Waals surface area (Å²) in [6, 6.07) is 4.92. The first-order valence-corrected chi connectivity index (χ1v) is 16.7. The Morgan fingerprint density at radius 1 is 1.00 bits per heavy atom. The number of benzene rings is 1. The lowest BCUT2D eigenvalue weighted by molar-refractivity contribution is -0.169. The SMILES string of the molecule is CCCCCCC[S+]([O-])CCCCCC/C=C/[C@H](C(=O)N[C@@H](Cc1ccc(O)cc1)C(=O)OC)[C@@](O)(CCOC)C(=O)O. The van der Waals surface area contributed by atoms with Gasteiger partial charge in [0.2, 0.25) is 5.91 Å². The van der Waals surface area contributed by atoms with Crippen LogP contribution >= 0.6 is 0 Å². The molecule has 11 heteroatoms. The van der Waals surface area contributed by atoms with Crippen molar-refractivity contribution < 1.29 is 43.7 Å². The van der Waals surface area contributed by atoms with Crippen molar-refractivity contribution in [2.75, 3.05) is 32.3 Å². The summed E-state index contributed by atoms with van der Waals surface area (Å²) in [6.45, 7) is 2.07. The van der Waals surface area contributed by atoms with Crippen LogP contribution in [0.25, 0.3) is 0 Å². The molecule has 0 bridgehead atoms. The second kappa shape index (κ2) is 22.0. The van der Waals surface area contributed by atoms with E-state index in [1.165, 1.54) is 51.7 Å². The van der Waals surface area contributed by atoms with Crippen LogP contribution in [0.5, 0.6) is 5.75 Å². The van der Waals surface area contributed by atoms with Crippen molar-refractivity contribution in [3.8, 4) is 5.75 Å². The molecule has 0 spiro atoms. The van der Waals surface area contributed by atoms with Crippen molar-refractivity contribution in [2.45, 2.75) is 95.6 Å². The first kappa shape index (κ1) is 38.4. The molecule has 43 heavy (non-hydrogen) atoms. The summed E-state index contributed by atoms with van der Waals surface area (Å²) < 4.78 is 22.0. The van der Waals surface area contributed by atoms with Crippen molar-refractivity contribution in [2.24, 2.45) is 5.92 Å². The van der Waals surface area contributed by atoms with Crippen LogP contribution in [-0.2, 0) is 41.5 Å². The summed E-state index contributed by atoms with van der Waals surface area (Å²) in [5.74, 6) is -3.17. The van der Waals surface area contributed by atoms with Crippen LogP contribution < -0.4 is 5.32 Å². The molecular formula is C32H51NO9S. The molecule has 0 aliphatic carbocycles. The molecule has 10 nitrogen and oxygen atoms in total. The summed E-state index contributed by atoms with van der Waals surface area (Å²) in [4.78, 5) is 38.1. The van der Waals surface area contributed by atoms with Gasteiger partial charge in [-0.25, -0.2) is 9.59 Å². The first-order valence-electron chi connectivity index (χ1n) is 15.2. The molecule has 4 N–H and O–H groups in total. The molecule has 0 heterocycles. The van der Waals surface area contributed by atoms with E-state index in [4.69, 9.17) is 9.47 Å². The fraction of sp³-hybridized carbons (Fsp3) is 0.656. The van der Waals surface area contributed by atoms with E-state index < -0.39 is 46.6 Å². The zero-order valence-corrected chi connectivity index (χ0v) is 26.7. The fourth-order valence-electron chi connectivity index (χ4n) is 4.66. The maximum Gasteiger partial charge on any atom is 0.336 e. The number of aliphatic carboxylic acids is 1. The Morgan fingerprint density at radius 2 is 1.60 bits per heavy atom. The van der Waals surface area contributed by atoms with E-state index in [9.17, 15) is 34.3 Å². The van der Waals surface area contributed by atoms with Crippen LogP contribution in [0.4, 0.5) is 0 Å². The number of esters is 1. The third-order valence-electron chi connectivity index (χ3n) is 7.33. The van der Waals surface area contributed by atoms with Gasteiger partial charge in [0, 0.05) is 26.6 Å². The molecule has 1 aromatic carbocycles. The van der Waals surface area contributed by atoms with E-state index in [0.717, 1.165) is 44.3 Å². The molecule has 4 atom stereocenters. The summed E-state index contributed by atoms with van der Waals surface area (Å²) in [7, 11) is 2.54. The van der Waals surface area contributed by atoms with Crippen LogP contribution in [0, 0.1) is 5.92 Å².